The summed E-state index contributed by atoms with van der Waals surface area (Å²) in [6.07, 6.45) is 0.716. The van der Waals surface area contributed by atoms with Crippen molar-refractivity contribution in [3.63, 3.8) is 0 Å². The molecule has 0 amide bonds. The van der Waals surface area contributed by atoms with Crippen molar-refractivity contribution in [1.29, 1.82) is 0 Å². The molecule has 3 aromatic carbocycles. The monoisotopic (exact) mass is 492 g/mol. The Kier molecular flexibility index (Phi) is 9.65. The highest BCUT2D eigenvalue weighted by atomic mass is 20.0. The average Bonchev–Trinajstić information content (AvgIpc) is 2.85. The Labute approximate surface area is 199 Å². The predicted molar refractivity (Wildman–Crippen MR) is 129 cm³/mol. The van der Waals surface area contributed by atoms with Gasteiger partial charge in [-0.25, -0.2) is 4.79 Å². The quantitative estimate of drug-likeness (QED) is 0.399. The van der Waals surface area contributed by atoms with Gasteiger partial charge in [0.15, 0.2) is 0 Å². The highest BCUT2D eigenvalue weighted by Gasteiger charge is 2.19. The second-order valence-electron chi connectivity index (χ2n) is 7.57. The van der Waals surface area contributed by atoms with E-state index >= 15 is 0 Å². The Bertz CT molecular complexity index is 1390. The molecule has 2 N–H and O–H groups in total. The number of aliphatic hydroxyl groups is 1. The third kappa shape index (κ3) is 5.90. The lowest BCUT2D eigenvalue weighted by Gasteiger charge is -2.17. The highest BCUT2D eigenvalue weighted by Crippen LogP contribution is 2.32. The van der Waals surface area contributed by atoms with Crippen LogP contribution in [0, 0.1) is 0 Å². The molecule has 0 bridgehead atoms. The van der Waals surface area contributed by atoms with E-state index in [2.05, 4.69) is 0 Å². The van der Waals surface area contributed by atoms with Gasteiger partial charge in [0.25, 0.3) is 5.56 Å². The van der Waals surface area contributed by atoms with E-state index in [0.717, 1.165) is 10.1 Å². The summed E-state index contributed by atoms with van der Waals surface area (Å²) in [6, 6.07) is 19.6. The van der Waals surface area contributed by atoms with Gasteiger partial charge in [0, 0.05) is 48.8 Å². The van der Waals surface area contributed by atoms with Crippen molar-refractivity contribution in [2.45, 2.75) is 19.4 Å². The lowest BCUT2D eigenvalue weighted by molar-refractivity contribution is 0.108. The van der Waals surface area contributed by atoms with Crippen molar-refractivity contribution in [2.75, 3.05) is 6.61 Å². The normalized spacial score (nSPS) is 10.3. The molecule has 0 aliphatic carbocycles. The van der Waals surface area contributed by atoms with E-state index in [0.29, 0.717) is 40.8 Å². The summed E-state index contributed by atoms with van der Waals surface area (Å²) >= 11 is 0. The molecule has 0 radical (unpaired) electrons. The number of aryl methyl sites for hydroxylation is 1. The number of aromatic nitrogens is 2. The van der Waals surface area contributed by atoms with Gasteiger partial charge in [-0.05, 0) is 36.2 Å². The van der Waals surface area contributed by atoms with Crippen LogP contribution < -0.4 is 16.0 Å². The number of hydrogen-bond donors (Lipinski definition) is 2. The standard InChI is InChI=1S/C25H24N2O5.F2.FH.H2/c1-26-21-11-12-22(32-19-10-5-9-18(29)16-19)20(15-17-7-3-2-4-8-17)23(21)24(30)27(25(26)31)13-6-14-28;1-2;;/h2-5,7-12,16,28-29H,6,13-15H2,1H3;;2*1H. The van der Waals surface area contributed by atoms with E-state index in [1.807, 2.05) is 30.3 Å². The van der Waals surface area contributed by atoms with Gasteiger partial charge in [-0.15, -0.1) is 0 Å². The summed E-state index contributed by atoms with van der Waals surface area (Å²) in [7, 11) is 1.63. The number of hydrogen-bond acceptors (Lipinski definition) is 5. The number of phenols is 1. The largest absolute Gasteiger partial charge is 0.508 e. The highest BCUT2D eigenvalue weighted by molar-refractivity contribution is 5.84. The van der Waals surface area contributed by atoms with Crippen LogP contribution in [0.5, 0.6) is 17.2 Å². The van der Waals surface area contributed by atoms with Gasteiger partial charge in [0.1, 0.15) is 17.2 Å². The fraction of sp³-hybridized carbons (Fsp3) is 0.200. The minimum atomic E-state index is -0.428. The first-order valence-corrected chi connectivity index (χ1v) is 10.5. The molecule has 0 saturated heterocycles. The molecule has 0 aliphatic rings. The summed E-state index contributed by atoms with van der Waals surface area (Å²) in [6.45, 7) is 0.00548. The van der Waals surface area contributed by atoms with Crippen LogP contribution in [-0.4, -0.2) is 26.0 Å². The van der Waals surface area contributed by atoms with E-state index in [1.165, 1.54) is 10.6 Å². The maximum Gasteiger partial charge on any atom is 0.331 e. The number of ether oxygens (including phenoxy) is 1. The number of nitrogens with zero attached hydrogens (tertiary/aromatic N) is 2. The molecule has 1 aromatic heterocycles. The molecule has 10 heteroatoms. The fourth-order valence-electron chi connectivity index (χ4n) is 3.81. The summed E-state index contributed by atoms with van der Waals surface area (Å²) in [5.41, 5.74) is 1.30. The third-order valence-electron chi connectivity index (χ3n) is 5.40. The number of rotatable bonds is 7. The van der Waals surface area contributed by atoms with Crippen LogP contribution in [0.3, 0.4) is 0 Å². The molecule has 0 fully saturated rings. The molecule has 35 heavy (non-hydrogen) atoms. The predicted octanol–water partition coefficient (Wildman–Crippen LogP) is 4.41. The maximum atomic E-state index is 13.4. The molecule has 0 saturated carbocycles. The number of benzene rings is 3. The lowest BCUT2D eigenvalue weighted by atomic mass is 9.99. The summed E-state index contributed by atoms with van der Waals surface area (Å²) in [4.78, 5) is 26.2. The average molecular weight is 492 g/mol. The Balaban J connectivity index is 0.00000158. The van der Waals surface area contributed by atoms with Gasteiger partial charge < -0.3 is 14.9 Å². The van der Waals surface area contributed by atoms with Crippen LogP contribution in [0.1, 0.15) is 19.0 Å². The minimum absolute atomic E-state index is 0. The first-order chi connectivity index (χ1) is 16.5. The van der Waals surface area contributed by atoms with Gasteiger partial charge in [-0.3, -0.25) is 18.6 Å². The first kappa shape index (κ1) is 27.2. The Morgan fingerprint density at radius 1 is 1.00 bits per heavy atom. The molecule has 4 aromatic rings. The lowest BCUT2D eigenvalue weighted by Crippen LogP contribution is -2.39. The third-order valence-corrected chi connectivity index (χ3v) is 5.40. The maximum absolute atomic E-state index is 13.4. The second kappa shape index (κ2) is 12.4. The number of aliphatic hydroxyl groups excluding tert-OH is 1. The molecule has 188 valence electrons. The van der Waals surface area contributed by atoms with Crippen LogP contribution in [0.25, 0.3) is 10.9 Å². The van der Waals surface area contributed by atoms with Gasteiger partial charge in [-0.1, -0.05) is 36.4 Å². The molecular formula is C25H27F3N2O5. The van der Waals surface area contributed by atoms with Crippen molar-refractivity contribution in [3.05, 3.63) is 98.7 Å². The number of phenolic OH excluding ortho intramolecular Hbond substituents is 1. The summed E-state index contributed by atoms with van der Waals surface area (Å²) < 4.78 is 24.7. The molecule has 4 rings (SSSR count). The minimum Gasteiger partial charge on any atom is -0.508 e. The SMILES string of the molecule is Cn1c(=O)n(CCCO)c(=O)c2c(Cc3ccccc3)c(Oc3cccc(O)c3)ccc21.F.FF.[HH]. The Hall–Kier alpha value is -4.05. The summed E-state index contributed by atoms with van der Waals surface area (Å²) in [5, 5.41) is 19.4. The van der Waals surface area contributed by atoms with Crippen molar-refractivity contribution in [1.82, 2.24) is 9.13 Å². The van der Waals surface area contributed by atoms with Crippen molar-refractivity contribution in [2.24, 2.45) is 7.05 Å². The number of halogens is 3. The zero-order valence-corrected chi connectivity index (χ0v) is 18.9. The van der Waals surface area contributed by atoms with E-state index < -0.39 is 11.2 Å². The van der Waals surface area contributed by atoms with Gasteiger partial charge in [-0.2, -0.15) is 0 Å². The molecule has 0 unspecified atom stereocenters. The van der Waals surface area contributed by atoms with Gasteiger partial charge in [0.05, 0.1) is 10.9 Å². The van der Waals surface area contributed by atoms with Crippen molar-refractivity contribution in [3.8, 4) is 17.2 Å². The van der Waals surface area contributed by atoms with Crippen LogP contribution in [0.15, 0.2) is 76.3 Å². The molecule has 0 spiro atoms. The zero-order chi connectivity index (χ0) is 24.7. The van der Waals surface area contributed by atoms with Crippen LogP contribution >= 0.6 is 0 Å². The molecule has 1 heterocycles. The van der Waals surface area contributed by atoms with E-state index in [9.17, 15) is 19.8 Å². The van der Waals surface area contributed by atoms with E-state index in [1.54, 1.807) is 37.4 Å². The molecule has 0 aliphatic heterocycles. The van der Waals surface area contributed by atoms with E-state index in [4.69, 9.17) is 13.9 Å². The first-order valence-electron chi connectivity index (χ1n) is 10.5. The Morgan fingerprint density at radius 3 is 2.37 bits per heavy atom. The topological polar surface area (TPSA) is 93.7 Å². The smallest absolute Gasteiger partial charge is 0.331 e. The molecular weight excluding hydrogens is 465 g/mol. The van der Waals surface area contributed by atoms with Gasteiger partial charge in [0.2, 0.25) is 0 Å². The fourth-order valence-corrected chi connectivity index (χ4v) is 3.81. The van der Waals surface area contributed by atoms with Crippen LogP contribution in [-0.2, 0) is 20.0 Å². The Morgan fingerprint density at radius 2 is 1.71 bits per heavy atom. The van der Waals surface area contributed by atoms with Gasteiger partial charge >= 0.3 is 5.69 Å². The van der Waals surface area contributed by atoms with Crippen molar-refractivity contribution >= 4 is 10.9 Å². The van der Waals surface area contributed by atoms with Crippen LogP contribution in [0.2, 0.25) is 0 Å². The zero-order valence-electron chi connectivity index (χ0n) is 18.9. The van der Waals surface area contributed by atoms with Crippen molar-refractivity contribution < 1.29 is 30.2 Å². The summed E-state index contributed by atoms with van der Waals surface area (Å²) in [5.74, 6) is 0.974. The molecule has 7 nitrogen and oxygen atoms in total. The number of aromatic hydroxyl groups is 1. The van der Waals surface area contributed by atoms with E-state index in [-0.39, 0.29) is 25.0 Å². The second-order valence-corrected chi connectivity index (χ2v) is 7.57. The number of fused-ring (bicyclic) bond motifs is 1. The van der Waals surface area contributed by atoms with Crippen LogP contribution in [0.4, 0.5) is 13.9 Å². The molecule has 0 atom stereocenters.